The van der Waals surface area contributed by atoms with Gasteiger partial charge in [0.05, 0.1) is 5.75 Å². The summed E-state index contributed by atoms with van der Waals surface area (Å²) in [5.74, 6) is 0.447. The number of aliphatic hydroxyl groups is 1. The molecule has 1 aromatic rings. The van der Waals surface area contributed by atoms with Crippen molar-refractivity contribution in [3.63, 3.8) is 0 Å². The fraction of sp³-hybridized carbons (Fsp3) is 0.571. The Labute approximate surface area is 126 Å². The molecule has 0 heterocycles. The third-order valence-corrected chi connectivity index (χ3v) is 4.94. The lowest BCUT2D eigenvalue weighted by atomic mass is 10.3. The van der Waals surface area contributed by atoms with Crippen LogP contribution in [0.3, 0.4) is 0 Å². The lowest BCUT2D eigenvalue weighted by Crippen LogP contribution is -2.40. The summed E-state index contributed by atoms with van der Waals surface area (Å²) in [4.78, 5) is 0. The van der Waals surface area contributed by atoms with Crippen molar-refractivity contribution in [2.24, 2.45) is 0 Å². The van der Waals surface area contributed by atoms with E-state index >= 15 is 0 Å². The van der Waals surface area contributed by atoms with E-state index in [1.165, 1.54) is 4.31 Å². The Balaban J connectivity index is 2.58. The molecule has 3 N–H and O–H groups in total. The molecule has 0 unspecified atom stereocenters. The van der Waals surface area contributed by atoms with Gasteiger partial charge in [0.25, 0.3) is 0 Å². The van der Waals surface area contributed by atoms with Gasteiger partial charge in [-0.25, -0.2) is 8.42 Å². The van der Waals surface area contributed by atoms with Gasteiger partial charge in [-0.1, -0.05) is 6.07 Å². The number of anilines is 1. The number of rotatable bonds is 9. The highest BCUT2D eigenvalue weighted by atomic mass is 32.2. The number of hydrogen-bond acceptors (Lipinski definition) is 5. The molecule has 21 heavy (non-hydrogen) atoms. The van der Waals surface area contributed by atoms with E-state index in [0.717, 1.165) is 0 Å². The maximum Gasteiger partial charge on any atom is 0.217 e. The van der Waals surface area contributed by atoms with Crippen molar-refractivity contribution in [2.45, 2.75) is 26.3 Å². The second-order valence-electron chi connectivity index (χ2n) is 5.02. The van der Waals surface area contributed by atoms with Crippen LogP contribution in [0.5, 0.6) is 5.75 Å². The van der Waals surface area contributed by atoms with Crippen molar-refractivity contribution >= 4 is 15.7 Å². The van der Waals surface area contributed by atoms with E-state index < -0.39 is 10.0 Å². The summed E-state index contributed by atoms with van der Waals surface area (Å²) in [5, 5.41) is 8.86. The second-order valence-corrected chi connectivity index (χ2v) is 7.06. The standard InChI is InChI=1S/C14H24N2O4S/c1-12(2)16(7-4-8-17)21(18,19)10-9-20-14-6-3-5-13(15)11-14/h3,5-6,11-12,17H,4,7-10,15H2,1-2H3. The molecule has 0 aliphatic rings. The zero-order valence-electron chi connectivity index (χ0n) is 12.5. The number of nitrogens with zero attached hydrogens (tertiary/aromatic N) is 1. The molecule has 120 valence electrons. The molecular weight excluding hydrogens is 292 g/mol. The number of nitrogens with two attached hydrogens (primary N) is 1. The summed E-state index contributed by atoms with van der Waals surface area (Å²) < 4.78 is 31.4. The number of nitrogen functional groups attached to an aromatic ring is 1. The largest absolute Gasteiger partial charge is 0.492 e. The molecule has 0 saturated heterocycles. The SMILES string of the molecule is CC(C)N(CCCO)S(=O)(=O)CCOc1cccc(N)c1. The minimum absolute atomic E-state index is 0.0292. The predicted octanol–water partition coefficient (Wildman–Crippen LogP) is 1.07. The topological polar surface area (TPSA) is 92.9 Å². The number of hydrogen-bond donors (Lipinski definition) is 2. The first-order valence-electron chi connectivity index (χ1n) is 6.95. The predicted molar refractivity (Wildman–Crippen MR) is 83.7 cm³/mol. The van der Waals surface area contributed by atoms with Gasteiger partial charge in [0.2, 0.25) is 10.0 Å². The van der Waals surface area contributed by atoms with Crippen LogP contribution in [-0.2, 0) is 10.0 Å². The first kappa shape index (κ1) is 17.7. The summed E-state index contributed by atoms with van der Waals surface area (Å²) in [6.45, 7) is 3.98. The molecule has 0 atom stereocenters. The molecule has 0 amide bonds. The maximum absolute atomic E-state index is 12.3. The van der Waals surface area contributed by atoms with Crippen molar-refractivity contribution in [1.29, 1.82) is 0 Å². The molecule has 0 bridgehead atoms. The molecule has 0 aromatic heterocycles. The molecule has 1 rings (SSSR count). The lowest BCUT2D eigenvalue weighted by Gasteiger charge is -2.25. The summed E-state index contributed by atoms with van der Waals surface area (Å²) in [6, 6.07) is 6.72. The van der Waals surface area contributed by atoms with Crippen LogP contribution in [0.4, 0.5) is 5.69 Å². The number of sulfonamides is 1. The second kappa shape index (κ2) is 8.21. The highest BCUT2D eigenvalue weighted by Crippen LogP contribution is 2.15. The molecular formula is C14H24N2O4S. The summed E-state index contributed by atoms with van der Waals surface area (Å²) >= 11 is 0. The monoisotopic (exact) mass is 316 g/mol. The number of benzene rings is 1. The van der Waals surface area contributed by atoms with Gasteiger partial charge >= 0.3 is 0 Å². The van der Waals surface area contributed by atoms with Crippen LogP contribution in [0.1, 0.15) is 20.3 Å². The Hall–Kier alpha value is -1.31. The van der Waals surface area contributed by atoms with E-state index in [1.54, 1.807) is 24.3 Å². The minimum Gasteiger partial charge on any atom is -0.492 e. The Morgan fingerprint density at radius 2 is 2.10 bits per heavy atom. The maximum atomic E-state index is 12.3. The third-order valence-electron chi connectivity index (χ3n) is 2.94. The van der Waals surface area contributed by atoms with Crippen LogP contribution in [0, 0.1) is 0 Å². The molecule has 0 radical (unpaired) electrons. The van der Waals surface area contributed by atoms with Crippen molar-refractivity contribution in [3.8, 4) is 5.75 Å². The van der Waals surface area contributed by atoms with Gasteiger partial charge in [-0.05, 0) is 32.4 Å². The van der Waals surface area contributed by atoms with Crippen LogP contribution in [0.15, 0.2) is 24.3 Å². The van der Waals surface area contributed by atoms with Gasteiger partial charge in [0.15, 0.2) is 0 Å². The minimum atomic E-state index is -3.41. The first-order chi connectivity index (χ1) is 9.86. The van der Waals surface area contributed by atoms with Crippen LogP contribution < -0.4 is 10.5 Å². The highest BCUT2D eigenvalue weighted by molar-refractivity contribution is 7.89. The molecule has 0 fully saturated rings. The van der Waals surface area contributed by atoms with E-state index in [1.807, 2.05) is 13.8 Å². The molecule has 6 nitrogen and oxygen atoms in total. The van der Waals surface area contributed by atoms with Gasteiger partial charge in [-0.15, -0.1) is 0 Å². The lowest BCUT2D eigenvalue weighted by molar-refractivity contribution is 0.257. The van der Waals surface area contributed by atoms with Gasteiger partial charge in [-0.3, -0.25) is 0 Å². The third kappa shape index (κ3) is 5.91. The van der Waals surface area contributed by atoms with Crippen molar-refractivity contribution in [3.05, 3.63) is 24.3 Å². The smallest absolute Gasteiger partial charge is 0.217 e. The zero-order chi connectivity index (χ0) is 15.9. The first-order valence-corrected chi connectivity index (χ1v) is 8.56. The van der Waals surface area contributed by atoms with Gasteiger partial charge in [0, 0.05) is 30.9 Å². The van der Waals surface area contributed by atoms with Gasteiger partial charge in [0.1, 0.15) is 12.4 Å². The van der Waals surface area contributed by atoms with E-state index in [0.29, 0.717) is 24.4 Å². The highest BCUT2D eigenvalue weighted by Gasteiger charge is 2.24. The number of aliphatic hydroxyl groups excluding tert-OH is 1. The normalized spacial score (nSPS) is 12.0. The molecule has 0 spiro atoms. The van der Waals surface area contributed by atoms with Gasteiger partial charge in [-0.2, -0.15) is 4.31 Å². The van der Waals surface area contributed by atoms with E-state index in [4.69, 9.17) is 15.6 Å². The number of ether oxygens (including phenoxy) is 1. The van der Waals surface area contributed by atoms with Crippen LogP contribution in [0.2, 0.25) is 0 Å². The fourth-order valence-corrected chi connectivity index (χ4v) is 3.51. The Bertz CT molecular complexity index is 532. The summed E-state index contributed by atoms with van der Waals surface area (Å²) in [5.41, 5.74) is 6.20. The molecule has 1 aromatic carbocycles. The molecule has 0 aliphatic carbocycles. The zero-order valence-corrected chi connectivity index (χ0v) is 13.3. The van der Waals surface area contributed by atoms with E-state index in [-0.39, 0.29) is 25.0 Å². The summed E-state index contributed by atoms with van der Waals surface area (Å²) in [7, 11) is -3.41. The molecule has 7 heteroatoms. The Morgan fingerprint density at radius 1 is 1.38 bits per heavy atom. The van der Waals surface area contributed by atoms with Crippen molar-refractivity contribution in [2.75, 3.05) is 31.2 Å². The van der Waals surface area contributed by atoms with Crippen LogP contribution in [0.25, 0.3) is 0 Å². The van der Waals surface area contributed by atoms with Crippen LogP contribution >= 0.6 is 0 Å². The summed E-state index contributed by atoms with van der Waals surface area (Å²) in [6.07, 6.45) is 0.424. The van der Waals surface area contributed by atoms with E-state index in [9.17, 15) is 8.42 Å². The van der Waals surface area contributed by atoms with Gasteiger partial charge < -0.3 is 15.6 Å². The average molecular weight is 316 g/mol. The quantitative estimate of drug-likeness (QED) is 0.665. The molecule has 0 aliphatic heterocycles. The molecule has 0 saturated carbocycles. The van der Waals surface area contributed by atoms with Crippen molar-refractivity contribution < 1.29 is 18.3 Å². The van der Waals surface area contributed by atoms with Crippen LogP contribution in [-0.4, -0.2) is 49.4 Å². The average Bonchev–Trinajstić information content (AvgIpc) is 2.38. The van der Waals surface area contributed by atoms with E-state index in [2.05, 4.69) is 0 Å². The Morgan fingerprint density at radius 3 is 2.67 bits per heavy atom. The Kier molecular flexibility index (Phi) is 6.94. The fourth-order valence-electron chi connectivity index (χ4n) is 1.93. The van der Waals surface area contributed by atoms with Crippen molar-refractivity contribution in [1.82, 2.24) is 4.31 Å².